The number of amides is 2. The Labute approximate surface area is 123 Å². The highest BCUT2D eigenvalue weighted by atomic mass is 16.5. The number of nitrogens with zero attached hydrogens (tertiary/aromatic N) is 2. The first-order chi connectivity index (χ1) is 10.1. The number of likely N-dealkylation sites (tertiary alicyclic amines) is 1. The van der Waals surface area contributed by atoms with Gasteiger partial charge in [-0.1, -0.05) is 0 Å². The first kappa shape index (κ1) is 15.4. The normalized spacial score (nSPS) is 16.5. The molecule has 0 bridgehead atoms. The molecule has 0 aromatic carbocycles. The van der Waals surface area contributed by atoms with E-state index in [1.54, 1.807) is 17.6 Å². The number of hydrogen-bond donors (Lipinski definition) is 3. The van der Waals surface area contributed by atoms with E-state index < -0.39 is 5.91 Å². The fourth-order valence-electron chi connectivity index (χ4n) is 2.32. The SMILES string of the molecule is CN1CCC(C(=O)NCc2ccc(C(=O)NO)cn2)CC1. The van der Waals surface area contributed by atoms with Gasteiger partial charge in [-0.05, 0) is 45.1 Å². The molecule has 0 radical (unpaired) electrons. The summed E-state index contributed by atoms with van der Waals surface area (Å²) >= 11 is 0. The maximum Gasteiger partial charge on any atom is 0.276 e. The Bertz CT molecular complexity index is 495. The summed E-state index contributed by atoms with van der Waals surface area (Å²) in [5.74, 6) is -0.480. The average molecular weight is 292 g/mol. The smallest absolute Gasteiger partial charge is 0.276 e. The topological polar surface area (TPSA) is 94.6 Å². The molecule has 3 N–H and O–H groups in total. The van der Waals surface area contributed by atoms with Crippen molar-refractivity contribution in [3.8, 4) is 0 Å². The zero-order chi connectivity index (χ0) is 15.2. The third-order valence-electron chi connectivity index (χ3n) is 3.72. The Morgan fingerprint density at radius 3 is 2.67 bits per heavy atom. The number of hydroxylamine groups is 1. The molecule has 2 heterocycles. The number of aromatic nitrogens is 1. The number of carbonyl (C=O) groups is 2. The van der Waals surface area contributed by atoms with E-state index in [9.17, 15) is 9.59 Å². The van der Waals surface area contributed by atoms with E-state index in [4.69, 9.17) is 5.21 Å². The van der Waals surface area contributed by atoms with Crippen molar-refractivity contribution in [3.63, 3.8) is 0 Å². The number of pyridine rings is 1. The van der Waals surface area contributed by atoms with Gasteiger partial charge in [0.15, 0.2) is 0 Å². The van der Waals surface area contributed by atoms with E-state index in [1.807, 2.05) is 0 Å². The summed E-state index contributed by atoms with van der Waals surface area (Å²) in [7, 11) is 2.06. The van der Waals surface area contributed by atoms with Crippen LogP contribution in [0.5, 0.6) is 0 Å². The van der Waals surface area contributed by atoms with Gasteiger partial charge in [-0.3, -0.25) is 19.8 Å². The summed E-state index contributed by atoms with van der Waals surface area (Å²) in [6.07, 6.45) is 3.12. The Morgan fingerprint density at radius 2 is 2.10 bits per heavy atom. The maximum absolute atomic E-state index is 12.0. The van der Waals surface area contributed by atoms with Crippen LogP contribution in [0.1, 0.15) is 28.9 Å². The molecule has 2 amide bonds. The zero-order valence-corrected chi connectivity index (χ0v) is 12.0. The zero-order valence-electron chi connectivity index (χ0n) is 12.0. The lowest BCUT2D eigenvalue weighted by molar-refractivity contribution is -0.126. The number of nitrogens with one attached hydrogen (secondary N) is 2. The number of piperidine rings is 1. The van der Waals surface area contributed by atoms with Crippen molar-refractivity contribution in [1.29, 1.82) is 0 Å². The van der Waals surface area contributed by atoms with E-state index in [0.29, 0.717) is 12.2 Å². The van der Waals surface area contributed by atoms with Crippen LogP contribution in [0, 0.1) is 5.92 Å². The second-order valence-electron chi connectivity index (χ2n) is 5.27. The second kappa shape index (κ2) is 7.14. The van der Waals surface area contributed by atoms with E-state index in [1.165, 1.54) is 6.20 Å². The average Bonchev–Trinajstić information content (AvgIpc) is 2.53. The minimum atomic E-state index is -0.607. The standard InChI is InChI=1S/C14H20N4O3/c1-18-6-4-10(5-7-18)13(19)16-9-12-3-2-11(8-15-12)14(20)17-21/h2-3,8,10,21H,4-7,9H2,1H3,(H,16,19)(H,17,20). The van der Waals surface area contributed by atoms with Crippen molar-refractivity contribution in [3.05, 3.63) is 29.6 Å². The Hall–Kier alpha value is -1.99. The van der Waals surface area contributed by atoms with E-state index in [0.717, 1.165) is 25.9 Å². The van der Waals surface area contributed by atoms with Crippen molar-refractivity contribution in [1.82, 2.24) is 20.7 Å². The molecule has 7 nitrogen and oxygen atoms in total. The fraction of sp³-hybridized carbons (Fsp3) is 0.500. The van der Waals surface area contributed by atoms with Crippen LogP contribution in [0.25, 0.3) is 0 Å². The number of hydrogen-bond acceptors (Lipinski definition) is 5. The molecule has 7 heteroatoms. The Balaban J connectivity index is 1.82. The van der Waals surface area contributed by atoms with Crippen LogP contribution in [0.15, 0.2) is 18.3 Å². The monoisotopic (exact) mass is 292 g/mol. The highest BCUT2D eigenvalue weighted by Crippen LogP contribution is 2.16. The van der Waals surface area contributed by atoms with Gasteiger partial charge in [-0.15, -0.1) is 0 Å². The van der Waals surface area contributed by atoms with Gasteiger partial charge >= 0.3 is 0 Å². The van der Waals surface area contributed by atoms with Gasteiger partial charge in [0.05, 0.1) is 17.8 Å². The van der Waals surface area contributed by atoms with E-state index in [2.05, 4.69) is 22.2 Å². The molecule has 0 aliphatic carbocycles. The van der Waals surface area contributed by atoms with Crippen molar-refractivity contribution in [2.45, 2.75) is 19.4 Å². The number of rotatable bonds is 4. The molecule has 2 rings (SSSR count). The third kappa shape index (κ3) is 4.24. The molecule has 21 heavy (non-hydrogen) atoms. The minimum absolute atomic E-state index is 0.0575. The number of carbonyl (C=O) groups excluding carboxylic acids is 2. The van der Waals surface area contributed by atoms with Gasteiger partial charge in [-0.25, -0.2) is 5.48 Å². The first-order valence-corrected chi connectivity index (χ1v) is 6.95. The second-order valence-corrected chi connectivity index (χ2v) is 5.27. The molecule has 0 atom stereocenters. The van der Waals surface area contributed by atoms with E-state index in [-0.39, 0.29) is 17.4 Å². The molecule has 1 saturated heterocycles. The largest absolute Gasteiger partial charge is 0.350 e. The van der Waals surface area contributed by atoms with Crippen LogP contribution in [0.4, 0.5) is 0 Å². The van der Waals surface area contributed by atoms with Gasteiger partial charge in [0.25, 0.3) is 5.91 Å². The fourth-order valence-corrected chi connectivity index (χ4v) is 2.32. The summed E-state index contributed by atoms with van der Waals surface area (Å²) in [6, 6.07) is 3.20. The molecule has 1 aliphatic rings. The lowest BCUT2D eigenvalue weighted by atomic mass is 9.96. The van der Waals surface area contributed by atoms with Crippen molar-refractivity contribution < 1.29 is 14.8 Å². The highest BCUT2D eigenvalue weighted by molar-refractivity contribution is 5.92. The molecular weight excluding hydrogens is 272 g/mol. The van der Waals surface area contributed by atoms with Crippen molar-refractivity contribution >= 4 is 11.8 Å². The van der Waals surface area contributed by atoms with Crippen molar-refractivity contribution in [2.24, 2.45) is 5.92 Å². The van der Waals surface area contributed by atoms with Crippen LogP contribution in [0.3, 0.4) is 0 Å². The molecule has 1 aromatic heterocycles. The molecule has 0 unspecified atom stereocenters. The predicted molar refractivity (Wildman–Crippen MR) is 75.6 cm³/mol. The van der Waals surface area contributed by atoms with Crippen LogP contribution in [-0.4, -0.2) is 47.0 Å². The predicted octanol–water partition coefficient (Wildman–Crippen LogP) is 0.159. The summed E-state index contributed by atoms with van der Waals surface area (Å²) < 4.78 is 0. The molecule has 0 saturated carbocycles. The highest BCUT2D eigenvalue weighted by Gasteiger charge is 2.22. The maximum atomic E-state index is 12.0. The summed E-state index contributed by atoms with van der Waals surface area (Å²) in [5, 5.41) is 11.4. The van der Waals surface area contributed by atoms with Crippen LogP contribution < -0.4 is 10.8 Å². The van der Waals surface area contributed by atoms with Crippen LogP contribution in [-0.2, 0) is 11.3 Å². The van der Waals surface area contributed by atoms with Crippen LogP contribution in [0.2, 0.25) is 0 Å². The summed E-state index contributed by atoms with van der Waals surface area (Å²) in [6.45, 7) is 2.23. The third-order valence-corrected chi connectivity index (χ3v) is 3.72. The Morgan fingerprint density at radius 1 is 1.38 bits per heavy atom. The lowest BCUT2D eigenvalue weighted by Crippen LogP contribution is -2.38. The molecule has 0 spiro atoms. The Kier molecular flexibility index (Phi) is 5.24. The summed E-state index contributed by atoms with van der Waals surface area (Å²) in [5.41, 5.74) is 2.48. The molecule has 114 valence electrons. The molecule has 1 fully saturated rings. The minimum Gasteiger partial charge on any atom is -0.350 e. The van der Waals surface area contributed by atoms with Gasteiger partial charge in [0, 0.05) is 12.1 Å². The van der Waals surface area contributed by atoms with Gasteiger partial charge < -0.3 is 10.2 Å². The first-order valence-electron chi connectivity index (χ1n) is 6.95. The molecule has 1 aliphatic heterocycles. The summed E-state index contributed by atoms with van der Waals surface area (Å²) in [4.78, 5) is 29.5. The molecule has 1 aromatic rings. The van der Waals surface area contributed by atoms with Gasteiger partial charge in [0.2, 0.25) is 5.91 Å². The van der Waals surface area contributed by atoms with Crippen LogP contribution >= 0.6 is 0 Å². The lowest BCUT2D eigenvalue weighted by Gasteiger charge is -2.28. The quantitative estimate of drug-likeness (QED) is 0.543. The van der Waals surface area contributed by atoms with Gasteiger partial charge in [-0.2, -0.15) is 0 Å². The van der Waals surface area contributed by atoms with E-state index >= 15 is 0 Å². The molecular formula is C14H20N4O3. The van der Waals surface area contributed by atoms with Crippen molar-refractivity contribution in [2.75, 3.05) is 20.1 Å². The van der Waals surface area contributed by atoms with Gasteiger partial charge in [0.1, 0.15) is 0 Å².